The summed E-state index contributed by atoms with van der Waals surface area (Å²) in [5.74, 6) is 0.262. The van der Waals surface area contributed by atoms with Gasteiger partial charge in [0.05, 0.1) is 0 Å². The van der Waals surface area contributed by atoms with Gasteiger partial charge in [-0.05, 0) is 55.7 Å². The van der Waals surface area contributed by atoms with Crippen LogP contribution in [0.15, 0.2) is 54.6 Å². The Morgan fingerprint density at radius 2 is 1.67 bits per heavy atom. The highest BCUT2D eigenvalue weighted by Gasteiger charge is 2.25. The van der Waals surface area contributed by atoms with Crippen molar-refractivity contribution < 1.29 is 23.9 Å². The molecule has 2 aromatic carbocycles. The summed E-state index contributed by atoms with van der Waals surface area (Å²) in [6.07, 6.45) is 2.04. The van der Waals surface area contributed by atoms with Gasteiger partial charge in [-0.2, -0.15) is 0 Å². The number of ketones is 1. The molecule has 0 radical (unpaired) electrons. The number of nitrogens with one attached hydrogen (secondary N) is 1. The molecule has 1 amide bonds. The quantitative estimate of drug-likeness (QED) is 0.793. The van der Waals surface area contributed by atoms with Gasteiger partial charge in [-0.1, -0.05) is 18.2 Å². The van der Waals surface area contributed by atoms with Crippen LogP contribution in [0.25, 0.3) is 0 Å². The highest BCUT2D eigenvalue weighted by Crippen LogP contribution is 2.21. The number of carbonyl (C=O) groups excluding carboxylic acids is 3. The molecule has 1 atom stereocenters. The first-order chi connectivity index (χ1) is 13.1. The molecule has 0 aromatic heterocycles. The van der Waals surface area contributed by atoms with E-state index in [2.05, 4.69) is 5.32 Å². The van der Waals surface area contributed by atoms with Crippen molar-refractivity contribution in [1.29, 1.82) is 0 Å². The van der Waals surface area contributed by atoms with Crippen LogP contribution in [0.2, 0.25) is 0 Å². The number of esters is 1. The highest BCUT2D eigenvalue weighted by atomic mass is 16.5. The first-order valence-corrected chi connectivity index (χ1v) is 8.95. The van der Waals surface area contributed by atoms with E-state index in [1.54, 1.807) is 24.3 Å². The third-order valence-corrected chi connectivity index (χ3v) is 4.26. The molecular weight excluding hydrogens is 346 g/mol. The molecule has 140 valence electrons. The number of ether oxygens (including phenoxy) is 2. The number of rotatable bonds is 6. The first kappa shape index (κ1) is 18.6. The van der Waals surface area contributed by atoms with Crippen LogP contribution in [0.3, 0.4) is 0 Å². The summed E-state index contributed by atoms with van der Waals surface area (Å²) < 4.78 is 10.8. The Kier molecular flexibility index (Phi) is 6.20. The Morgan fingerprint density at radius 1 is 0.963 bits per heavy atom. The summed E-state index contributed by atoms with van der Waals surface area (Å²) in [6, 6.07) is 15.9. The first-order valence-electron chi connectivity index (χ1n) is 8.95. The normalized spacial score (nSPS) is 16.4. The summed E-state index contributed by atoms with van der Waals surface area (Å²) in [6.45, 7) is -0.273. The number of para-hydroxylation sites is 1. The molecule has 1 saturated carbocycles. The molecule has 0 unspecified atom stereocenters. The van der Waals surface area contributed by atoms with Crippen molar-refractivity contribution in [3.63, 3.8) is 0 Å². The van der Waals surface area contributed by atoms with Crippen LogP contribution in [-0.2, 0) is 14.3 Å². The fourth-order valence-electron chi connectivity index (χ4n) is 2.83. The van der Waals surface area contributed by atoms with Gasteiger partial charge in [0.25, 0.3) is 5.91 Å². The molecule has 1 aliphatic carbocycles. The van der Waals surface area contributed by atoms with Crippen molar-refractivity contribution in [2.75, 3.05) is 6.54 Å². The van der Waals surface area contributed by atoms with Gasteiger partial charge in [0, 0.05) is 12.0 Å². The highest BCUT2D eigenvalue weighted by molar-refractivity contribution is 5.96. The standard InChI is InChI=1S/C21H21NO5/c23-18-8-4-5-9-19(18)27-20(24)14-22-21(25)15-10-12-17(13-11-15)26-16-6-2-1-3-7-16/h1-3,6-7,10-13,19H,4-5,8-9,14H2,(H,22,25)/t19-/m0/s1. The minimum absolute atomic E-state index is 0.0464. The molecule has 27 heavy (non-hydrogen) atoms. The lowest BCUT2D eigenvalue weighted by Gasteiger charge is -2.20. The van der Waals surface area contributed by atoms with E-state index in [4.69, 9.17) is 9.47 Å². The molecule has 3 rings (SSSR count). The molecular formula is C21H21NO5. The van der Waals surface area contributed by atoms with E-state index < -0.39 is 18.0 Å². The Labute approximate surface area is 157 Å². The number of carbonyl (C=O) groups is 3. The minimum atomic E-state index is -0.669. The molecule has 6 nitrogen and oxygen atoms in total. The number of hydrogen-bond donors (Lipinski definition) is 1. The lowest BCUT2D eigenvalue weighted by atomic mass is 9.96. The van der Waals surface area contributed by atoms with Gasteiger partial charge in [0.2, 0.25) is 0 Å². The summed E-state index contributed by atoms with van der Waals surface area (Å²) >= 11 is 0. The molecule has 0 bridgehead atoms. The second kappa shape index (κ2) is 8.98. The fourth-order valence-corrected chi connectivity index (χ4v) is 2.83. The largest absolute Gasteiger partial charge is 0.457 e. The average molecular weight is 367 g/mol. The third-order valence-electron chi connectivity index (χ3n) is 4.26. The van der Waals surface area contributed by atoms with Crippen LogP contribution >= 0.6 is 0 Å². The van der Waals surface area contributed by atoms with Gasteiger partial charge in [-0.3, -0.25) is 14.4 Å². The van der Waals surface area contributed by atoms with Crippen molar-refractivity contribution in [3.8, 4) is 11.5 Å². The van der Waals surface area contributed by atoms with Crippen LogP contribution < -0.4 is 10.1 Å². The molecule has 0 aliphatic heterocycles. The van der Waals surface area contributed by atoms with E-state index in [-0.39, 0.29) is 12.3 Å². The topological polar surface area (TPSA) is 81.7 Å². The molecule has 6 heteroatoms. The zero-order valence-electron chi connectivity index (χ0n) is 14.9. The lowest BCUT2D eigenvalue weighted by molar-refractivity contribution is -0.155. The van der Waals surface area contributed by atoms with E-state index in [0.717, 1.165) is 12.8 Å². The van der Waals surface area contributed by atoms with E-state index >= 15 is 0 Å². The number of amides is 1. The van der Waals surface area contributed by atoms with Crippen LogP contribution in [0, 0.1) is 0 Å². The molecule has 1 N–H and O–H groups in total. The van der Waals surface area contributed by atoms with Gasteiger partial charge < -0.3 is 14.8 Å². The van der Waals surface area contributed by atoms with Crippen LogP contribution in [0.1, 0.15) is 36.0 Å². The molecule has 1 aliphatic rings. The Hall–Kier alpha value is -3.15. The molecule has 2 aromatic rings. The van der Waals surface area contributed by atoms with E-state index in [1.807, 2.05) is 30.3 Å². The van der Waals surface area contributed by atoms with E-state index in [9.17, 15) is 14.4 Å². The average Bonchev–Trinajstić information content (AvgIpc) is 2.69. The number of Topliss-reactive ketones (excluding diaryl/α,β-unsaturated/α-hetero) is 1. The van der Waals surface area contributed by atoms with Gasteiger partial charge in [-0.25, -0.2) is 0 Å². The molecule has 1 fully saturated rings. The zero-order chi connectivity index (χ0) is 19.1. The van der Waals surface area contributed by atoms with Crippen molar-refractivity contribution in [3.05, 3.63) is 60.2 Å². The SMILES string of the molecule is O=C(CNC(=O)c1ccc(Oc2ccccc2)cc1)O[C@H]1CCCCC1=O. The second-order valence-electron chi connectivity index (χ2n) is 6.31. The maximum atomic E-state index is 12.1. The van der Waals surface area contributed by atoms with Crippen molar-refractivity contribution in [2.45, 2.75) is 31.8 Å². The van der Waals surface area contributed by atoms with E-state index in [0.29, 0.717) is 29.9 Å². The zero-order valence-corrected chi connectivity index (χ0v) is 14.9. The third kappa shape index (κ3) is 5.41. The summed E-state index contributed by atoms with van der Waals surface area (Å²) in [7, 11) is 0. The van der Waals surface area contributed by atoms with Gasteiger partial charge in [0.1, 0.15) is 18.0 Å². The van der Waals surface area contributed by atoms with Crippen molar-refractivity contribution in [1.82, 2.24) is 5.32 Å². The Morgan fingerprint density at radius 3 is 2.37 bits per heavy atom. The monoisotopic (exact) mass is 367 g/mol. The Bertz CT molecular complexity index is 801. The van der Waals surface area contributed by atoms with Crippen LogP contribution in [-0.4, -0.2) is 30.3 Å². The summed E-state index contributed by atoms with van der Waals surface area (Å²) in [4.78, 5) is 35.7. The number of benzene rings is 2. The molecule has 0 spiro atoms. The fraction of sp³-hybridized carbons (Fsp3) is 0.286. The predicted octanol–water partition coefficient (Wildman–Crippen LogP) is 3.26. The van der Waals surface area contributed by atoms with Gasteiger partial charge >= 0.3 is 5.97 Å². The molecule has 0 saturated heterocycles. The lowest BCUT2D eigenvalue weighted by Crippen LogP contribution is -2.36. The second-order valence-corrected chi connectivity index (χ2v) is 6.31. The predicted molar refractivity (Wildman–Crippen MR) is 98.6 cm³/mol. The molecule has 0 heterocycles. The maximum absolute atomic E-state index is 12.1. The van der Waals surface area contributed by atoms with Crippen LogP contribution in [0.5, 0.6) is 11.5 Å². The van der Waals surface area contributed by atoms with Crippen molar-refractivity contribution >= 4 is 17.7 Å². The summed E-state index contributed by atoms with van der Waals surface area (Å²) in [5.41, 5.74) is 0.400. The van der Waals surface area contributed by atoms with Crippen LogP contribution in [0.4, 0.5) is 0 Å². The van der Waals surface area contributed by atoms with Crippen molar-refractivity contribution in [2.24, 2.45) is 0 Å². The smallest absolute Gasteiger partial charge is 0.326 e. The summed E-state index contributed by atoms with van der Waals surface area (Å²) in [5, 5.41) is 2.51. The minimum Gasteiger partial charge on any atom is -0.457 e. The van der Waals surface area contributed by atoms with Gasteiger partial charge in [0.15, 0.2) is 11.9 Å². The Balaban J connectivity index is 1.47. The van der Waals surface area contributed by atoms with E-state index in [1.165, 1.54) is 0 Å². The number of hydrogen-bond acceptors (Lipinski definition) is 5. The van der Waals surface area contributed by atoms with Gasteiger partial charge in [-0.15, -0.1) is 0 Å². The maximum Gasteiger partial charge on any atom is 0.326 e.